The quantitative estimate of drug-likeness (QED) is 0.937. The third kappa shape index (κ3) is 2.85. The Hall–Kier alpha value is -2.07. The van der Waals surface area contributed by atoms with Gasteiger partial charge in [-0.15, -0.1) is 0 Å². The molecule has 1 N–H and O–H groups in total. The molecule has 98 valence electrons. The molecular weight excluding hydrogens is 264 g/mol. The minimum atomic E-state index is -0.244. The fraction of sp³-hybridized carbons (Fsp3) is 0.143. The first-order chi connectivity index (χ1) is 9.13. The van der Waals surface area contributed by atoms with Gasteiger partial charge in [-0.05, 0) is 25.1 Å². The third-order valence-corrected chi connectivity index (χ3v) is 3.03. The van der Waals surface area contributed by atoms with Gasteiger partial charge in [-0.1, -0.05) is 17.7 Å². The monoisotopic (exact) mass is 276 g/mol. The second kappa shape index (κ2) is 5.71. The van der Waals surface area contributed by atoms with E-state index in [1.165, 1.54) is 23.4 Å². The summed E-state index contributed by atoms with van der Waals surface area (Å²) in [6, 6.07) is 8.10. The summed E-state index contributed by atoms with van der Waals surface area (Å²) in [5.41, 5.74) is 0.960. The fourth-order valence-corrected chi connectivity index (χ4v) is 1.97. The number of anilines is 1. The number of nitrogens with zero attached hydrogens (tertiary/aromatic N) is 2. The van der Waals surface area contributed by atoms with Crippen molar-refractivity contribution in [2.75, 3.05) is 11.4 Å². The Morgan fingerprint density at radius 3 is 2.84 bits per heavy atom. The molecule has 0 atom stereocenters. The Bertz CT molecular complexity index is 602. The lowest BCUT2D eigenvalue weighted by Crippen LogP contribution is -2.30. The number of hydrogen-bond acceptors (Lipinski definition) is 3. The maximum Gasteiger partial charge on any atom is 0.261 e. The molecule has 1 amide bonds. The van der Waals surface area contributed by atoms with Gasteiger partial charge in [-0.3, -0.25) is 9.78 Å². The average molecular weight is 277 g/mol. The maximum absolute atomic E-state index is 12.4. The molecule has 2 rings (SSSR count). The highest BCUT2D eigenvalue weighted by molar-refractivity contribution is 6.34. The van der Waals surface area contributed by atoms with Gasteiger partial charge in [0.1, 0.15) is 5.75 Å². The number of aromatic nitrogens is 1. The van der Waals surface area contributed by atoms with E-state index in [2.05, 4.69) is 4.98 Å². The summed E-state index contributed by atoms with van der Waals surface area (Å²) >= 11 is 6.00. The van der Waals surface area contributed by atoms with E-state index < -0.39 is 0 Å². The van der Waals surface area contributed by atoms with E-state index in [9.17, 15) is 9.90 Å². The zero-order valence-corrected chi connectivity index (χ0v) is 11.1. The number of carbonyl (C=O) groups excluding carboxylic acids is 1. The van der Waals surface area contributed by atoms with E-state index in [1.54, 1.807) is 24.3 Å². The van der Waals surface area contributed by atoms with E-state index >= 15 is 0 Å². The first kappa shape index (κ1) is 13.4. The standard InChI is InChI=1S/C14H13ClN2O2/c1-2-17(10-4-3-5-11(18)8-10)14(19)12-9-16-7-6-13(12)15/h3-9,18H,2H2,1H3. The molecule has 0 aliphatic carbocycles. The van der Waals surface area contributed by atoms with Crippen molar-refractivity contribution in [3.63, 3.8) is 0 Å². The van der Waals surface area contributed by atoms with Crippen molar-refractivity contribution in [1.29, 1.82) is 0 Å². The molecule has 0 spiro atoms. The summed E-state index contributed by atoms with van der Waals surface area (Å²) in [6.45, 7) is 2.32. The van der Waals surface area contributed by atoms with Gasteiger partial charge in [-0.25, -0.2) is 0 Å². The molecule has 0 unspecified atom stereocenters. The fourth-order valence-electron chi connectivity index (χ4n) is 1.78. The minimum Gasteiger partial charge on any atom is -0.508 e. The van der Waals surface area contributed by atoms with Crippen molar-refractivity contribution < 1.29 is 9.90 Å². The molecule has 0 aliphatic heterocycles. The second-order valence-electron chi connectivity index (χ2n) is 3.92. The first-order valence-electron chi connectivity index (χ1n) is 5.84. The highest BCUT2D eigenvalue weighted by Gasteiger charge is 2.19. The SMILES string of the molecule is CCN(C(=O)c1cnccc1Cl)c1cccc(O)c1. The predicted molar refractivity (Wildman–Crippen MR) is 74.7 cm³/mol. The first-order valence-corrected chi connectivity index (χ1v) is 6.21. The Morgan fingerprint density at radius 2 is 2.21 bits per heavy atom. The minimum absolute atomic E-state index is 0.112. The second-order valence-corrected chi connectivity index (χ2v) is 4.33. The number of amides is 1. The molecule has 1 aromatic carbocycles. The van der Waals surface area contributed by atoms with Crippen LogP contribution in [0.5, 0.6) is 5.75 Å². The van der Waals surface area contributed by atoms with Crippen LogP contribution in [0.3, 0.4) is 0 Å². The van der Waals surface area contributed by atoms with Crippen molar-refractivity contribution in [1.82, 2.24) is 4.98 Å². The summed E-state index contributed by atoms with van der Waals surface area (Å²) in [5, 5.41) is 9.85. The van der Waals surface area contributed by atoms with Crippen molar-refractivity contribution in [2.24, 2.45) is 0 Å². The molecule has 0 saturated carbocycles. The van der Waals surface area contributed by atoms with Crippen LogP contribution >= 0.6 is 11.6 Å². The topological polar surface area (TPSA) is 53.4 Å². The summed E-state index contributed by atoms with van der Waals surface area (Å²) in [4.78, 5) is 17.9. The van der Waals surface area contributed by atoms with Crippen LogP contribution in [0.2, 0.25) is 5.02 Å². The lowest BCUT2D eigenvalue weighted by molar-refractivity contribution is 0.0988. The normalized spacial score (nSPS) is 10.2. The molecule has 1 heterocycles. The van der Waals surface area contributed by atoms with Crippen LogP contribution in [-0.2, 0) is 0 Å². The van der Waals surface area contributed by atoms with E-state index in [4.69, 9.17) is 11.6 Å². The van der Waals surface area contributed by atoms with E-state index in [0.29, 0.717) is 22.8 Å². The molecule has 0 bridgehead atoms. The summed E-state index contributed by atoms with van der Waals surface area (Å²) in [5.74, 6) is -0.132. The Balaban J connectivity index is 2.38. The van der Waals surface area contributed by atoms with Crippen LogP contribution in [0, 0.1) is 0 Å². The summed E-state index contributed by atoms with van der Waals surface area (Å²) in [6.07, 6.45) is 2.97. The number of phenols is 1. The molecule has 1 aromatic heterocycles. The van der Waals surface area contributed by atoms with Crippen molar-refractivity contribution in [2.45, 2.75) is 6.92 Å². The third-order valence-electron chi connectivity index (χ3n) is 2.70. The van der Waals surface area contributed by atoms with Gasteiger partial charge in [0, 0.05) is 30.7 Å². The van der Waals surface area contributed by atoms with Crippen molar-refractivity contribution in [3.8, 4) is 5.75 Å². The lowest BCUT2D eigenvalue weighted by Gasteiger charge is -2.21. The van der Waals surface area contributed by atoms with Gasteiger partial charge >= 0.3 is 0 Å². The van der Waals surface area contributed by atoms with E-state index in [0.717, 1.165) is 0 Å². The largest absolute Gasteiger partial charge is 0.508 e. The van der Waals surface area contributed by atoms with Crippen LogP contribution in [-0.4, -0.2) is 22.5 Å². The predicted octanol–water partition coefficient (Wildman–Crippen LogP) is 3.11. The van der Waals surface area contributed by atoms with Gasteiger partial charge in [-0.2, -0.15) is 0 Å². The van der Waals surface area contributed by atoms with Crippen LogP contribution in [0.4, 0.5) is 5.69 Å². The number of carbonyl (C=O) groups is 1. The zero-order valence-electron chi connectivity index (χ0n) is 10.4. The van der Waals surface area contributed by atoms with Crippen LogP contribution in [0.1, 0.15) is 17.3 Å². The summed E-state index contributed by atoms with van der Waals surface area (Å²) < 4.78 is 0. The number of hydrogen-bond donors (Lipinski definition) is 1. The zero-order chi connectivity index (χ0) is 13.8. The number of rotatable bonds is 3. The molecule has 0 aliphatic rings. The molecule has 0 radical (unpaired) electrons. The van der Waals surface area contributed by atoms with Crippen molar-refractivity contribution >= 4 is 23.2 Å². The Morgan fingerprint density at radius 1 is 1.42 bits per heavy atom. The Kier molecular flexibility index (Phi) is 4.02. The molecule has 4 nitrogen and oxygen atoms in total. The summed E-state index contributed by atoms with van der Waals surface area (Å²) in [7, 11) is 0. The molecule has 2 aromatic rings. The molecule has 5 heteroatoms. The lowest BCUT2D eigenvalue weighted by atomic mass is 10.2. The number of halogens is 1. The van der Waals surface area contributed by atoms with E-state index in [-0.39, 0.29) is 11.7 Å². The Labute approximate surface area is 116 Å². The molecule has 0 saturated heterocycles. The van der Waals surface area contributed by atoms with Gasteiger partial charge in [0.25, 0.3) is 5.91 Å². The van der Waals surface area contributed by atoms with Gasteiger partial charge in [0.05, 0.1) is 10.6 Å². The molecular formula is C14H13ClN2O2. The van der Waals surface area contributed by atoms with Gasteiger partial charge in [0.2, 0.25) is 0 Å². The highest BCUT2D eigenvalue weighted by Crippen LogP contribution is 2.23. The number of pyridine rings is 1. The van der Waals surface area contributed by atoms with Crippen LogP contribution in [0.25, 0.3) is 0 Å². The van der Waals surface area contributed by atoms with E-state index in [1.807, 2.05) is 6.92 Å². The number of benzene rings is 1. The van der Waals surface area contributed by atoms with Crippen molar-refractivity contribution in [3.05, 3.63) is 53.3 Å². The number of aromatic hydroxyl groups is 1. The maximum atomic E-state index is 12.4. The molecule has 19 heavy (non-hydrogen) atoms. The molecule has 0 fully saturated rings. The van der Waals surface area contributed by atoms with Crippen LogP contribution in [0.15, 0.2) is 42.7 Å². The van der Waals surface area contributed by atoms with Gasteiger partial charge < -0.3 is 10.0 Å². The smallest absolute Gasteiger partial charge is 0.261 e. The number of phenolic OH excluding ortho intramolecular Hbond substituents is 1. The highest BCUT2D eigenvalue weighted by atomic mass is 35.5. The van der Waals surface area contributed by atoms with Crippen LogP contribution < -0.4 is 4.90 Å². The van der Waals surface area contributed by atoms with Gasteiger partial charge in [0.15, 0.2) is 0 Å². The average Bonchev–Trinajstić information content (AvgIpc) is 2.40.